The highest BCUT2D eigenvalue weighted by Gasteiger charge is 2.26. The smallest absolute Gasteiger partial charge is 0.325 e. The van der Waals surface area contributed by atoms with E-state index < -0.39 is 0 Å². The summed E-state index contributed by atoms with van der Waals surface area (Å²) in [4.78, 5) is 32.9. The minimum absolute atomic E-state index is 0.00873. The lowest BCUT2D eigenvalue weighted by molar-refractivity contribution is -0.146. The van der Waals surface area contributed by atoms with Gasteiger partial charge in [-0.3, -0.25) is 14.5 Å². The van der Waals surface area contributed by atoms with Gasteiger partial charge in [-0.1, -0.05) is 26.8 Å². The Morgan fingerprint density at radius 1 is 1.26 bits per heavy atom. The van der Waals surface area contributed by atoms with Crippen molar-refractivity contribution in [3.8, 4) is 5.75 Å². The number of aliphatic imine (C=N–C) groups is 1. The van der Waals surface area contributed by atoms with Crippen molar-refractivity contribution >= 4 is 23.5 Å². The van der Waals surface area contributed by atoms with Crippen molar-refractivity contribution in [2.24, 2.45) is 16.1 Å². The fraction of sp³-hybridized carbons (Fsp3) is 0.625. The Kier molecular flexibility index (Phi) is 8.73. The Labute approximate surface area is 201 Å². The van der Waals surface area contributed by atoms with Gasteiger partial charge >= 0.3 is 5.97 Å². The number of guanidine groups is 1. The van der Waals surface area contributed by atoms with Crippen LogP contribution < -0.4 is 21.1 Å². The standard InChI is InChI=1S/C24H38N6O4/c1-24(2,3)16-34-21(31)15-30-14-17-5-6-18(13-19(17)28-23(30)25)33-12-7-20(22(32)26-4)29-10-8-27-9-11-29/h5-6,13,20,27H,7-12,14-16H2,1-4H3,(H2,25,28)(H,26,32). The van der Waals surface area contributed by atoms with Crippen molar-refractivity contribution in [1.82, 2.24) is 20.4 Å². The molecule has 2 aliphatic heterocycles. The van der Waals surface area contributed by atoms with Crippen molar-refractivity contribution in [3.63, 3.8) is 0 Å². The molecule has 34 heavy (non-hydrogen) atoms. The SMILES string of the molecule is CNC(=O)C(CCOc1ccc2c(c1)N=C(N)N(CC(=O)OCC(C)(C)C)C2)N1CCNCC1. The lowest BCUT2D eigenvalue weighted by atomic mass is 9.99. The average Bonchev–Trinajstić information content (AvgIpc) is 2.80. The first-order valence-corrected chi connectivity index (χ1v) is 11.8. The molecule has 2 aliphatic rings. The summed E-state index contributed by atoms with van der Waals surface area (Å²) >= 11 is 0. The van der Waals surface area contributed by atoms with Crippen LogP contribution in [0.1, 0.15) is 32.8 Å². The first kappa shape index (κ1) is 25.8. The third-order valence-electron chi connectivity index (χ3n) is 5.76. The van der Waals surface area contributed by atoms with E-state index in [0.29, 0.717) is 31.9 Å². The Bertz CT molecular complexity index is 892. The number of fused-ring (bicyclic) bond motifs is 1. The quantitative estimate of drug-likeness (QED) is 0.450. The maximum Gasteiger partial charge on any atom is 0.325 e. The van der Waals surface area contributed by atoms with Crippen molar-refractivity contribution in [3.05, 3.63) is 23.8 Å². The molecule has 1 atom stereocenters. The minimum atomic E-state index is -0.327. The van der Waals surface area contributed by atoms with Gasteiger partial charge in [-0.15, -0.1) is 0 Å². The number of piperazine rings is 1. The van der Waals surface area contributed by atoms with Crippen LogP contribution in [0.5, 0.6) is 5.75 Å². The highest BCUT2D eigenvalue weighted by Crippen LogP contribution is 2.30. The molecule has 0 bridgehead atoms. The van der Waals surface area contributed by atoms with Gasteiger partial charge in [-0.2, -0.15) is 0 Å². The molecule has 10 nitrogen and oxygen atoms in total. The Balaban J connectivity index is 1.55. The second kappa shape index (κ2) is 11.5. The van der Waals surface area contributed by atoms with Crippen LogP contribution >= 0.6 is 0 Å². The molecule has 10 heteroatoms. The molecule has 1 unspecified atom stereocenters. The summed E-state index contributed by atoms with van der Waals surface area (Å²) < 4.78 is 11.3. The maximum absolute atomic E-state index is 12.4. The number of nitrogens with one attached hydrogen (secondary N) is 2. The molecule has 1 aromatic carbocycles. The van der Waals surface area contributed by atoms with Gasteiger partial charge in [0.15, 0.2) is 5.96 Å². The Morgan fingerprint density at radius 3 is 2.68 bits per heavy atom. The summed E-state index contributed by atoms with van der Waals surface area (Å²) in [7, 11) is 1.66. The molecule has 2 heterocycles. The Hall–Kier alpha value is -2.85. The minimum Gasteiger partial charge on any atom is -0.493 e. The van der Waals surface area contributed by atoms with Crippen LogP contribution in [0.25, 0.3) is 0 Å². The van der Waals surface area contributed by atoms with Crippen LogP contribution in [0.4, 0.5) is 5.69 Å². The number of benzene rings is 1. The highest BCUT2D eigenvalue weighted by atomic mass is 16.5. The van der Waals surface area contributed by atoms with E-state index in [1.807, 2.05) is 39.0 Å². The van der Waals surface area contributed by atoms with E-state index in [2.05, 4.69) is 20.5 Å². The predicted octanol–water partition coefficient (Wildman–Crippen LogP) is 0.826. The zero-order chi connectivity index (χ0) is 24.7. The van der Waals surface area contributed by atoms with Crippen LogP contribution in [0.2, 0.25) is 0 Å². The molecule has 0 aromatic heterocycles. The number of ether oxygens (including phenoxy) is 2. The van der Waals surface area contributed by atoms with Gasteiger partial charge in [0.25, 0.3) is 0 Å². The predicted molar refractivity (Wildman–Crippen MR) is 131 cm³/mol. The number of rotatable bonds is 9. The second-order valence-corrected chi connectivity index (χ2v) is 9.89. The third kappa shape index (κ3) is 7.33. The molecule has 0 saturated carbocycles. The highest BCUT2D eigenvalue weighted by molar-refractivity contribution is 5.87. The summed E-state index contributed by atoms with van der Waals surface area (Å²) in [5, 5.41) is 6.07. The van der Waals surface area contributed by atoms with Crippen molar-refractivity contribution < 1.29 is 19.1 Å². The van der Waals surface area contributed by atoms with E-state index in [4.69, 9.17) is 15.2 Å². The first-order chi connectivity index (χ1) is 16.2. The molecule has 3 rings (SSSR count). The molecule has 0 radical (unpaired) electrons. The van der Waals surface area contributed by atoms with Gasteiger partial charge in [-0.25, -0.2) is 4.99 Å². The maximum atomic E-state index is 12.4. The number of hydrogen-bond acceptors (Lipinski definition) is 9. The number of carbonyl (C=O) groups is 2. The number of esters is 1. The van der Waals surface area contributed by atoms with E-state index in [9.17, 15) is 9.59 Å². The average molecular weight is 475 g/mol. The number of likely N-dealkylation sites (N-methyl/N-ethyl adjacent to an activating group) is 1. The third-order valence-corrected chi connectivity index (χ3v) is 5.76. The molecule has 1 saturated heterocycles. The second-order valence-electron chi connectivity index (χ2n) is 9.89. The molecular weight excluding hydrogens is 436 g/mol. The molecule has 1 fully saturated rings. The number of carbonyl (C=O) groups excluding carboxylic acids is 2. The van der Waals surface area contributed by atoms with Gasteiger partial charge in [-0.05, 0) is 17.0 Å². The van der Waals surface area contributed by atoms with E-state index in [0.717, 1.165) is 37.4 Å². The fourth-order valence-corrected chi connectivity index (χ4v) is 3.92. The molecule has 1 amide bonds. The van der Waals surface area contributed by atoms with Gasteiger partial charge in [0.2, 0.25) is 5.91 Å². The van der Waals surface area contributed by atoms with E-state index in [-0.39, 0.29) is 35.8 Å². The number of hydrogen-bond donors (Lipinski definition) is 3. The summed E-state index contributed by atoms with van der Waals surface area (Å²) in [6.07, 6.45) is 0.590. The summed E-state index contributed by atoms with van der Waals surface area (Å²) in [5.41, 5.74) is 7.70. The lowest BCUT2D eigenvalue weighted by Crippen LogP contribution is -2.53. The van der Waals surface area contributed by atoms with Crippen LogP contribution in [0, 0.1) is 5.41 Å². The molecule has 1 aromatic rings. The van der Waals surface area contributed by atoms with Gasteiger partial charge < -0.3 is 30.7 Å². The lowest BCUT2D eigenvalue weighted by Gasteiger charge is -2.33. The number of nitrogens with zero attached hydrogens (tertiary/aromatic N) is 3. The largest absolute Gasteiger partial charge is 0.493 e. The van der Waals surface area contributed by atoms with E-state index in [1.165, 1.54) is 0 Å². The monoisotopic (exact) mass is 474 g/mol. The van der Waals surface area contributed by atoms with Crippen LogP contribution in [0.3, 0.4) is 0 Å². The first-order valence-electron chi connectivity index (χ1n) is 11.8. The zero-order valence-electron chi connectivity index (χ0n) is 20.7. The normalized spacial score (nSPS) is 17.4. The topological polar surface area (TPSA) is 122 Å². The van der Waals surface area contributed by atoms with Crippen LogP contribution in [0.15, 0.2) is 23.2 Å². The van der Waals surface area contributed by atoms with Crippen molar-refractivity contribution in [2.45, 2.75) is 39.8 Å². The zero-order valence-corrected chi connectivity index (χ0v) is 20.7. The van der Waals surface area contributed by atoms with Crippen molar-refractivity contribution in [2.75, 3.05) is 53.0 Å². The molecule has 188 valence electrons. The molecular formula is C24H38N6O4. The summed E-state index contributed by atoms with van der Waals surface area (Å²) in [6.45, 7) is 10.7. The van der Waals surface area contributed by atoms with Crippen LogP contribution in [-0.2, 0) is 20.9 Å². The van der Waals surface area contributed by atoms with Gasteiger partial charge in [0, 0.05) is 52.3 Å². The van der Waals surface area contributed by atoms with Crippen molar-refractivity contribution in [1.29, 1.82) is 0 Å². The number of amides is 1. The van der Waals surface area contributed by atoms with Gasteiger partial charge in [0.1, 0.15) is 12.3 Å². The van der Waals surface area contributed by atoms with Crippen LogP contribution in [-0.4, -0.2) is 86.7 Å². The Morgan fingerprint density at radius 2 is 2.00 bits per heavy atom. The molecule has 4 N–H and O–H groups in total. The fourth-order valence-electron chi connectivity index (χ4n) is 3.92. The summed E-state index contributed by atoms with van der Waals surface area (Å²) in [6, 6.07) is 5.44. The number of nitrogens with two attached hydrogens (primary N) is 1. The van der Waals surface area contributed by atoms with E-state index >= 15 is 0 Å². The summed E-state index contributed by atoms with van der Waals surface area (Å²) in [5.74, 6) is 0.626. The molecule has 0 aliphatic carbocycles. The van der Waals surface area contributed by atoms with E-state index in [1.54, 1.807) is 11.9 Å². The van der Waals surface area contributed by atoms with Gasteiger partial charge in [0.05, 0.1) is 24.9 Å². The molecule has 0 spiro atoms.